The number of aliphatic hydroxyl groups is 1. The van der Waals surface area contributed by atoms with Crippen molar-refractivity contribution in [1.29, 1.82) is 0 Å². The molecule has 3 nitrogen and oxygen atoms in total. The lowest BCUT2D eigenvalue weighted by molar-refractivity contribution is -0.0305. The highest BCUT2D eigenvalue weighted by Gasteiger charge is 2.44. The number of nitrogens with zero attached hydrogens (tertiary/aromatic N) is 2. The second-order valence-electron chi connectivity index (χ2n) is 4.43. The number of rotatable bonds is 2. The zero-order valence-electron chi connectivity index (χ0n) is 8.94. The Hall–Kier alpha value is -1.16. The van der Waals surface area contributed by atoms with Crippen LogP contribution in [0, 0.1) is 11.9 Å². The second-order valence-corrected chi connectivity index (χ2v) is 4.43. The number of β-amino-alcohol motifs (C(OH)–C–C–N with tert-alkyl or cyclic N) is 1. The topological polar surface area (TPSA) is 36.4 Å². The average Bonchev–Trinajstić information content (AvgIpc) is 2.12. The lowest BCUT2D eigenvalue weighted by Gasteiger charge is -2.49. The molecule has 1 aromatic rings. The van der Waals surface area contributed by atoms with Gasteiger partial charge in [0.2, 0.25) is 5.95 Å². The summed E-state index contributed by atoms with van der Waals surface area (Å²) in [6, 6.07) is 4.70. The van der Waals surface area contributed by atoms with Crippen molar-refractivity contribution in [3.8, 4) is 0 Å². The Bertz CT molecular complexity index is 361. The van der Waals surface area contributed by atoms with E-state index in [-0.39, 0.29) is 5.92 Å². The average molecular weight is 210 g/mol. The summed E-state index contributed by atoms with van der Waals surface area (Å²) < 4.78 is 12.8. The Morgan fingerprint density at radius 3 is 2.67 bits per heavy atom. The van der Waals surface area contributed by atoms with Crippen molar-refractivity contribution in [3.05, 3.63) is 24.1 Å². The summed E-state index contributed by atoms with van der Waals surface area (Å²) >= 11 is 0. The third kappa shape index (κ3) is 1.81. The minimum atomic E-state index is -0.645. The SMILES string of the molecule is CC(C)C1(O)CN(c2cccc(F)n2)C1. The Labute approximate surface area is 88.6 Å². The molecule has 1 aromatic heterocycles. The van der Waals surface area contributed by atoms with Crippen LogP contribution in [0.4, 0.5) is 10.2 Å². The second kappa shape index (κ2) is 3.45. The van der Waals surface area contributed by atoms with Crippen molar-refractivity contribution in [3.63, 3.8) is 0 Å². The molecule has 0 amide bonds. The Balaban J connectivity index is 2.06. The van der Waals surface area contributed by atoms with Crippen LogP contribution in [0.5, 0.6) is 0 Å². The molecule has 0 aromatic carbocycles. The van der Waals surface area contributed by atoms with Crippen LogP contribution in [-0.2, 0) is 0 Å². The van der Waals surface area contributed by atoms with Gasteiger partial charge in [0.15, 0.2) is 0 Å². The number of hydrogen-bond donors (Lipinski definition) is 1. The Morgan fingerprint density at radius 2 is 2.13 bits per heavy atom. The molecule has 82 valence electrons. The van der Waals surface area contributed by atoms with E-state index >= 15 is 0 Å². The summed E-state index contributed by atoms with van der Waals surface area (Å²) in [4.78, 5) is 5.65. The number of aromatic nitrogens is 1. The van der Waals surface area contributed by atoms with Gasteiger partial charge >= 0.3 is 0 Å². The summed E-state index contributed by atoms with van der Waals surface area (Å²) in [5, 5.41) is 10.0. The summed E-state index contributed by atoms with van der Waals surface area (Å²) in [5.41, 5.74) is -0.645. The van der Waals surface area contributed by atoms with Gasteiger partial charge < -0.3 is 10.0 Å². The van der Waals surface area contributed by atoms with Crippen LogP contribution in [-0.4, -0.2) is 28.8 Å². The fraction of sp³-hybridized carbons (Fsp3) is 0.545. The molecule has 15 heavy (non-hydrogen) atoms. The molecule has 4 heteroatoms. The third-order valence-electron chi connectivity index (χ3n) is 3.03. The van der Waals surface area contributed by atoms with Crippen LogP contribution in [0.1, 0.15) is 13.8 Å². The summed E-state index contributed by atoms with van der Waals surface area (Å²) in [5.74, 6) is 0.329. The summed E-state index contributed by atoms with van der Waals surface area (Å²) in [6.45, 7) is 5.02. The van der Waals surface area contributed by atoms with Gasteiger partial charge in [-0.1, -0.05) is 19.9 Å². The predicted octanol–water partition coefficient (Wildman–Crippen LogP) is 1.43. The fourth-order valence-corrected chi connectivity index (χ4v) is 1.72. The maximum Gasteiger partial charge on any atom is 0.214 e. The molecule has 0 aliphatic carbocycles. The number of hydrogen-bond acceptors (Lipinski definition) is 3. The molecule has 1 aliphatic heterocycles. The van der Waals surface area contributed by atoms with Gasteiger partial charge in [0.25, 0.3) is 0 Å². The molecule has 0 spiro atoms. The van der Waals surface area contributed by atoms with Crippen LogP contribution in [0.15, 0.2) is 18.2 Å². The highest BCUT2D eigenvalue weighted by molar-refractivity contribution is 5.43. The van der Waals surface area contributed by atoms with E-state index in [0.29, 0.717) is 18.9 Å². The molecular weight excluding hydrogens is 195 g/mol. The van der Waals surface area contributed by atoms with Gasteiger partial charge in [-0.2, -0.15) is 4.39 Å². The molecule has 0 bridgehead atoms. The zero-order valence-corrected chi connectivity index (χ0v) is 8.94. The molecule has 0 radical (unpaired) electrons. The standard InChI is InChI=1S/C11H15FN2O/c1-8(2)11(15)6-14(7-11)10-5-3-4-9(12)13-10/h3-5,8,15H,6-7H2,1-2H3. The first-order chi connectivity index (χ1) is 7.01. The van der Waals surface area contributed by atoms with Crippen LogP contribution in [0.25, 0.3) is 0 Å². The van der Waals surface area contributed by atoms with Crippen molar-refractivity contribution in [2.75, 3.05) is 18.0 Å². The maximum atomic E-state index is 12.8. The largest absolute Gasteiger partial charge is 0.386 e. The molecule has 2 rings (SSSR count). The smallest absolute Gasteiger partial charge is 0.214 e. The molecule has 1 fully saturated rings. The minimum absolute atomic E-state index is 0.210. The fourth-order valence-electron chi connectivity index (χ4n) is 1.72. The van der Waals surface area contributed by atoms with E-state index in [4.69, 9.17) is 0 Å². The van der Waals surface area contributed by atoms with E-state index in [0.717, 1.165) is 0 Å². The lowest BCUT2D eigenvalue weighted by Crippen LogP contribution is -2.65. The monoisotopic (exact) mass is 210 g/mol. The van der Waals surface area contributed by atoms with E-state index in [1.165, 1.54) is 6.07 Å². The van der Waals surface area contributed by atoms with Gasteiger partial charge in [-0.25, -0.2) is 4.98 Å². The van der Waals surface area contributed by atoms with Gasteiger partial charge in [0.1, 0.15) is 11.4 Å². The third-order valence-corrected chi connectivity index (χ3v) is 3.03. The summed E-state index contributed by atoms with van der Waals surface area (Å²) in [7, 11) is 0. The molecule has 1 aliphatic rings. The van der Waals surface area contributed by atoms with Crippen molar-refractivity contribution in [2.45, 2.75) is 19.4 Å². The van der Waals surface area contributed by atoms with Crippen LogP contribution < -0.4 is 4.90 Å². The predicted molar refractivity (Wildman–Crippen MR) is 56.2 cm³/mol. The van der Waals surface area contributed by atoms with Gasteiger partial charge in [-0.15, -0.1) is 0 Å². The molecule has 0 saturated carbocycles. The highest BCUT2D eigenvalue weighted by atomic mass is 19.1. The number of pyridine rings is 1. The summed E-state index contributed by atoms with van der Waals surface area (Å²) in [6.07, 6.45) is 0. The molecule has 1 saturated heterocycles. The van der Waals surface area contributed by atoms with Crippen LogP contribution >= 0.6 is 0 Å². The first-order valence-electron chi connectivity index (χ1n) is 5.11. The van der Waals surface area contributed by atoms with Gasteiger partial charge in [0, 0.05) is 0 Å². The van der Waals surface area contributed by atoms with Gasteiger partial charge in [0.05, 0.1) is 13.1 Å². The van der Waals surface area contributed by atoms with Gasteiger partial charge in [-0.3, -0.25) is 0 Å². The van der Waals surface area contributed by atoms with E-state index in [1.54, 1.807) is 12.1 Å². The molecule has 0 atom stereocenters. The van der Waals surface area contributed by atoms with E-state index in [1.807, 2.05) is 18.7 Å². The van der Waals surface area contributed by atoms with E-state index in [9.17, 15) is 9.50 Å². The lowest BCUT2D eigenvalue weighted by atomic mass is 9.83. The Morgan fingerprint density at radius 1 is 1.47 bits per heavy atom. The van der Waals surface area contributed by atoms with Crippen molar-refractivity contribution in [1.82, 2.24) is 4.98 Å². The van der Waals surface area contributed by atoms with Crippen molar-refractivity contribution in [2.24, 2.45) is 5.92 Å². The van der Waals surface area contributed by atoms with Crippen molar-refractivity contribution < 1.29 is 9.50 Å². The van der Waals surface area contributed by atoms with Crippen LogP contribution in [0.2, 0.25) is 0 Å². The highest BCUT2D eigenvalue weighted by Crippen LogP contribution is 2.31. The Kier molecular flexibility index (Phi) is 2.38. The zero-order chi connectivity index (χ0) is 11.1. The van der Waals surface area contributed by atoms with E-state index in [2.05, 4.69) is 4.98 Å². The number of halogens is 1. The van der Waals surface area contributed by atoms with Gasteiger partial charge in [-0.05, 0) is 18.1 Å². The van der Waals surface area contributed by atoms with Crippen molar-refractivity contribution >= 4 is 5.82 Å². The molecule has 0 unspecified atom stereocenters. The quantitative estimate of drug-likeness (QED) is 0.750. The molecule has 1 N–H and O–H groups in total. The van der Waals surface area contributed by atoms with E-state index < -0.39 is 11.5 Å². The first-order valence-corrected chi connectivity index (χ1v) is 5.11. The minimum Gasteiger partial charge on any atom is -0.386 e. The normalized spacial score (nSPS) is 19.1. The number of anilines is 1. The maximum absolute atomic E-state index is 12.8. The molecule has 2 heterocycles. The van der Waals surface area contributed by atoms with Crippen LogP contribution in [0.3, 0.4) is 0 Å². The molecular formula is C11H15FN2O. The first kappa shape index (κ1) is 10.4.